The summed E-state index contributed by atoms with van der Waals surface area (Å²) in [6.45, 7) is 13.0. The lowest BCUT2D eigenvalue weighted by Gasteiger charge is -2.52. The minimum Gasteiger partial charge on any atom is -0.378 e. The Morgan fingerprint density at radius 1 is 1.42 bits per heavy atom. The highest BCUT2D eigenvalue weighted by atomic mass is 16.5. The molecule has 2 heterocycles. The number of hydrogen-bond donors (Lipinski definition) is 1. The molecule has 1 aliphatic heterocycles. The fourth-order valence-electron chi connectivity index (χ4n) is 3.69. The topological polar surface area (TPSA) is 46.6 Å². The maximum atomic E-state index is 5.80. The second-order valence-electron chi connectivity index (χ2n) is 7.59. The Balaban J connectivity index is 1.50. The molecule has 24 heavy (non-hydrogen) atoms. The van der Waals surface area contributed by atoms with E-state index in [-0.39, 0.29) is 11.5 Å². The molecule has 0 bridgehead atoms. The zero-order valence-corrected chi connectivity index (χ0v) is 15.4. The molecular formula is C19H31N3O2. The molecule has 1 saturated heterocycles. The number of aromatic nitrogens is 1. The number of nitrogens with zero attached hydrogens (tertiary/aromatic N) is 2. The van der Waals surface area contributed by atoms with Crippen molar-refractivity contribution in [2.75, 3.05) is 31.2 Å². The molecule has 2 fully saturated rings. The molecule has 1 aliphatic carbocycles. The molecular weight excluding hydrogens is 302 g/mol. The summed E-state index contributed by atoms with van der Waals surface area (Å²) in [4.78, 5) is 6.94. The molecule has 1 aromatic rings. The van der Waals surface area contributed by atoms with Crippen LogP contribution in [0.5, 0.6) is 0 Å². The molecule has 5 heteroatoms. The monoisotopic (exact) mass is 333 g/mol. The van der Waals surface area contributed by atoms with Gasteiger partial charge in [0, 0.05) is 43.9 Å². The maximum absolute atomic E-state index is 5.80. The molecule has 5 nitrogen and oxygen atoms in total. The lowest BCUT2D eigenvalue weighted by Crippen LogP contribution is -2.60. The fraction of sp³-hybridized carbons (Fsp3) is 0.737. The Morgan fingerprint density at radius 2 is 2.25 bits per heavy atom. The quantitative estimate of drug-likeness (QED) is 0.867. The number of pyridine rings is 1. The van der Waals surface area contributed by atoms with Gasteiger partial charge >= 0.3 is 0 Å². The second kappa shape index (κ2) is 7.38. The first kappa shape index (κ1) is 17.6. The third kappa shape index (κ3) is 3.73. The third-order valence-electron chi connectivity index (χ3n) is 5.47. The summed E-state index contributed by atoms with van der Waals surface area (Å²) in [7, 11) is 0. The van der Waals surface area contributed by atoms with Gasteiger partial charge in [-0.3, -0.25) is 0 Å². The van der Waals surface area contributed by atoms with Crippen LogP contribution in [0.3, 0.4) is 0 Å². The largest absolute Gasteiger partial charge is 0.378 e. The maximum Gasteiger partial charge on any atom is 0.128 e. The van der Waals surface area contributed by atoms with Crippen LogP contribution in [0.25, 0.3) is 0 Å². The number of nitrogens with one attached hydrogen (secondary N) is 1. The molecule has 0 aromatic carbocycles. The Labute approximate surface area is 145 Å². The highest BCUT2D eigenvalue weighted by Crippen LogP contribution is 2.42. The van der Waals surface area contributed by atoms with Gasteiger partial charge in [-0.25, -0.2) is 4.98 Å². The van der Waals surface area contributed by atoms with Gasteiger partial charge in [-0.1, -0.05) is 19.9 Å². The lowest BCUT2D eigenvalue weighted by molar-refractivity contribution is -0.114. The Morgan fingerprint density at radius 3 is 2.88 bits per heavy atom. The molecule has 0 spiro atoms. The van der Waals surface area contributed by atoms with Crippen LogP contribution in [0.15, 0.2) is 18.3 Å². The predicted octanol–water partition coefficient (Wildman–Crippen LogP) is 2.60. The fourth-order valence-corrected chi connectivity index (χ4v) is 3.69. The summed E-state index contributed by atoms with van der Waals surface area (Å²) < 4.78 is 11.4. The molecule has 2 aliphatic rings. The van der Waals surface area contributed by atoms with E-state index in [1.807, 2.05) is 6.20 Å². The van der Waals surface area contributed by atoms with Gasteiger partial charge in [0.15, 0.2) is 0 Å². The van der Waals surface area contributed by atoms with Crippen molar-refractivity contribution in [3.8, 4) is 0 Å². The van der Waals surface area contributed by atoms with Crippen LogP contribution >= 0.6 is 0 Å². The van der Waals surface area contributed by atoms with E-state index in [2.05, 4.69) is 55.0 Å². The van der Waals surface area contributed by atoms with Gasteiger partial charge in [0.2, 0.25) is 0 Å². The molecule has 134 valence electrons. The predicted molar refractivity (Wildman–Crippen MR) is 96.3 cm³/mol. The van der Waals surface area contributed by atoms with Crippen molar-refractivity contribution in [2.24, 2.45) is 5.41 Å². The Kier molecular flexibility index (Phi) is 5.42. The molecule has 1 saturated carbocycles. The Hall–Kier alpha value is -1.17. The average molecular weight is 333 g/mol. The van der Waals surface area contributed by atoms with E-state index in [1.165, 1.54) is 5.56 Å². The van der Waals surface area contributed by atoms with Crippen LogP contribution < -0.4 is 10.2 Å². The van der Waals surface area contributed by atoms with E-state index in [0.717, 1.165) is 45.1 Å². The molecule has 3 atom stereocenters. The average Bonchev–Trinajstić information content (AvgIpc) is 2.58. The normalized spacial score (nSPS) is 29.3. The second-order valence-corrected chi connectivity index (χ2v) is 7.59. The minimum atomic E-state index is 0.202. The van der Waals surface area contributed by atoms with Crippen molar-refractivity contribution in [1.82, 2.24) is 10.3 Å². The van der Waals surface area contributed by atoms with Crippen LogP contribution in [0, 0.1) is 5.41 Å². The minimum absolute atomic E-state index is 0.202. The SMILES string of the molecule is CCO[C@@H]1C[C@H](NCc2ccc(N3CCO[C@H](C)C3)nc2)C1(C)C. The standard InChI is InChI=1S/C19H31N3O2/c1-5-23-17-10-16(19(17,3)4)20-11-15-6-7-18(21-12-15)22-8-9-24-14(2)13-22/h6-7,12,14,16-17,20H,5,8-11,13H2,1-4H3/t14-,16+,17-/m1/s1. The van der Waals surface area contributed by atoms with Gasteiger partial charge in [0.1, 0.15) is 5.82 Å². The van der Waals surface area contributed by atoms with Crippen LogP contribution in [0.2, 0.25) is 0 Å². The van der Waals surface area contributed by atoms with Gasteiger partial charge in [0.25, 0.3) is 0 Å². The summed E-state index contributed by atoms with van der Waals surface area (Å²) in [6, 6.07) is 4.82. The molecule has 0 unspecified atom stereocenters. The van der Waals surface area contributed by atoms with Crippen LogP contribution in [0.4, 0.5) is 5.82 Å². The van der Waals surface area contributed by atoms with Crippen LogP contribution in [-0.2, 0) is 16.0 Å². The number of ether oxygens (including phenoxy) is 2. The molecule has 0 amide bonds. The van der Waals surface area contributed by atoms with Crippen molar-refractivity contribution >= 4 is 5.82 Å². The zero-order chi connectivity index (χ0) is 17.2. The first-order valence-electron chi connectivity index (χ1n) is 9.17. The number of hydrogen-bond acceptors (Lipinski definition) is 5. The van der Waals surface area contributed by atoms with Crippen LogP contribution in [0.1, 0.15) is 39.7 Å². The van der Waals surface area contributed by atoms with Crippen LogP contribution in [-0.4, -0.2) is 49.5 Å². The summed E-state index contributed by atoms with van der Waals surface area (Å²) in [5, 5.41) is 3.67. The highest BCUT2D eigenvalue weighted by Gasteiger charge is 2.48. The van der Waals surface area contributed by atoms with Gasteiger partial charge < -0.3 is 19.7 Å². The van der Waals surface area contributed by atoms with Gasteiger partial charge in [-0.05, 0) is 31.9 Å². The van der Waals surface area contributed by atoms with E-state index >= 15 is 0 Å². The summed E-state index contributed by atoms with van der Waals surface area (Å²) in [6.07, 6.45) is 3.75. The van der Waals surface area contributed by atoms with E-state index in [0.29, 0.717) is 12.1 Å². The first-order valence-corrected chi connectivity index (χ1v) is 9.17. The van der Waals surface area contributed by atoms with E-state index in [1.54, 1.807) is 0 Å². The molecule has 0 radical (unpaired) electrons. The van der Waals surface area contributed by atoms with Crippen molar-refractivity contribution < 1.29 is 9.47 Å². The van der Waals surface area contributed by atoms with Crippen molar-refractivity contribution in [1.29, 1.82) is 0 Å². The molecule has 3 rings (SSSR count). The van der Waals surface area contributed by atoms with E-state index in [4.69, 9.17) is 9.47 Å². The van der Waals surface area contributed by atoms with Gasteiger partial charge in [0.05, 0.1) is 18.8 Å². The lowest BCUT2D eigenvalue weighted by atomic mass is 9.64. The third-order valence-corrected chi connectivity index (χ3v) is 5.47. The Bertz CT molecular complexity index is 532. The zero-order valence-electron chi connectivity index (χ0n) is 15.4. The van der Waals surface area contributed by atoms with Crippen molar-refractivity contribution in [3.63, 3.8) is 0 Å². The van der Waals surface area contributed by atoms with Crippen molar-refractivity contribution in [3.05, 3.63) is 23.9 Å². The summed E-state index contributed by atoms with van der Waals surface area (Å²) >= 11 is 0. The van der Waals surface area contributed by atoms with Gasteiger partial charge in [-0.15, -0.1) is 0 Å². The first-order chi connectivity index (χ1) is 11.5. The molecule has 1 aromatic heterocycles. The van der Waals surface area contributed by atoms with Crippen molar-refractivity contribution in [2.45, 2.75) is 58.9 Å². The van der Waals surface area contributed by atoms with Gasteiger partial charge in [-0.2, -0.15) is 0 Å². The summed E-state index contributed by atoms with van der Waals surface area (Å²) in [5.74, 6) is 1.05. The molecule has 1 N–H and O–H groups in total. The smallest absolute Gasteiger partial charge is 0.128 e. The van der Waals surface area contributed by atoms with E-state index < -0.39 is 0 Å². The number of morpholine rings is 1. The van der Waals surface area contributed by atoms with E-state index in [9.17, 15) is 0 Å². The number of anilines is 1. The number of rotatable bonds is 6. The highest BCUT2D eigenvalue weighted by molar-refractivity contribution is 5.39. The summed E-state index contributed by atoms with van der Waals surface area (Å²) in [5.41, 5.74) is 1.43.